The van der Waals surface area contributed by atoms with Crippen LogP contribution in [-0.4, -0.2) is 6.21 Å². The molecule has 2 heteroatoms. The van der Waals surface area contributed by atoms with Gasteiger partial charge in [-0.05, 0) is 48.9 Å². The van der Waals surface area contributed by atoms with E-state index < -0.39 is 0 Å². The van der Waals surface area contributed by atoms with Crippen LogP contribution in [0.2, 0.25) is 0 Å². The van der Waals surface area contributed by atoms with E-state index in [1.165, 1.54) is 0 Å². The molecule has 0 aliphatic rings. The fourth-order valence-electron chi connectivity index (χ4n) is 1.50. The molecule has 0 atom stereocenters. The van der Waals surface area contributed by atoms with Gasteiger partial charge in [0.05, 0.1) is 5.69 Å². The highest BCUT2D eigenvalue weighted by Gasteiger charge is 1.93. The van der Waals surface area contributed by atoms with Crippen molar-refractivity contribution in [2.24, 2.45) is 4.99 Å². The number of para-hydroxylation sites is 1. The van der Waals surface area contributed by atoms with Gasteiger partial charge in [-0.2, -0.15) is 0 Å². The normalized spacial score (nSPS) is 10.5. The van der Waals surface area contributed by atoms with E-state index in [0.717, 1.165) is 22.6 Å². The van der Waals surface area contributed by atoms with Crippen molar-refractivity contribution in [1.82, 2.24) is 0 Å². The first-order chi connectivity index (χ1) is 8.74. The number of aliphatic imine (C=N–C) groups is 1. The van der Waals surface area contributed by atoms with Crippen molar-refractivity contribution >= 4 is 23.3 Å². The maximum absolute atomic E-state index is 4.30. The molecule has 2 rings (SSSR count). The molecule has 0 heterocycles. The maximum atomic E-state index is 4.30. The summed E-state index contributed by atoms with van der Waals surface area (Å²) in [4.78, 5) is 4.30. The summed E-state index contributed by atoms with van der Waals surface area (Å²) in [6, 6.07) is 18.1. The summed E-state index contributed by atoms with van der Waals surface area (Å²) in [7, 11) is 0. The summed E-state index contributed by atoms with van der Waals surface area (Å²) in [6.07, 6.45) is 1.76. The van der Waals surface area contributed by atoms with Gasteiger partial charge in [-0.3, -0.25) is 4.99 Å². The summed E-state index contributed by atoms with van der Waals surface area (Å²) in [5.41, 5.74) is 4.00. The van der Waals surface area contributed by atoms with Crippen LogP contribution < -0.4 is 5.32 Å². The lowest BCUT2D eigenvalue weighted by Crippen LogP contribution is -1.88. The SMILES string of the molecule is C=C(C)C=Nc1ccc(Nc2ccccc2)cc1. The van der Waals surface area contributed by atoms with Gasteiger partial charge in [-0.1, -0.05) is 24.8 Å². The van der Waals surface area contributed by atoms with Crippen molar-refractivity contribution in [3.05, 3.63) is 66.7 Å². The lowest BCUT2D eigenvalue weighted by Gasteiger charge is -2.05. The second-order valence-corrected chi connectivity index (χ2v) is 4.14. The molecule has 0 saturated carbocycles. The van der Waals surface area contributed by atoms with Gasteiger partial charge in [0.2, 0.25) is 0 Å². The Kier molecular flexibility index (Phi) is 3.92. The van der Waals surface area contributed by atoms with E-state index in [1.54, 1.807) is 6.21 Å². The average Bonchev–Trinajstić information content (AvgIpc) is 2.39. The lowest BCUT2D eigenvalue weighted by molar-refractivity contribution is 1.49. The van der Waals surface area contributed by atoms with E-state index in [1.807, 2.05) is 61.5 Å². The molecule has 0 bridgehead atoms. The highest BCUT2D eigenvalue weighted by molar-refractivity contribution is 5.79. The van der Waals surface area contributed by atoms with Crippen LogP contribution >= 0.6 is 0 Å². The molecule has 0 amide bonds. The molecule has 18 heavy (non-hydrogen) atoms. The largest absolute Gasteiger partial charge is 0.356 e. The number of benzene rings is 2. The molecular weight excluding hydrogens is 220 g/mol. The second kappa shape index (κ2) is 5.82. The van der Waals surface area contributed by atoms with E-state index in [9.17, 15) is 0 Å². The zero-order chi connectivity index (χ0) is 12.8. The first kappa shape index (κ1) is 12.1. The number of hydrogen-bond acceptors (Lipinski definition) is 2. The van der Waals surface area contributed by atoms with Crippen molar-refractivity contribution in [2.45, 2.75) is 6.92 Å². The second-order valence-electron chi connectivity index (χ2n) is 4.14. The molecule has 0 unspecified atom stereocenters. The van der Waals surface area contributed by atoms with Crippen LogP contribution in [0.4, 0.5) is 17.1 Å². The van der Waals surface area contributed by atoms with Gasteiger partial charge in [-0.25, -0.2) is 0 Å². The molecule has 0 aliphatic carbocycles. The molecule has 2 nitrogen and oxygen atoms in total. The fraction of sp³-hybridized carbons (Fsp3) is 0.0625. The number of nitrogens with zero attached hydrogens (tertiary/aromatic N) is 1. The minimum Gasteiger partial charge on any atom is -0.356 e. The molecule has 0 fully saturated rings. The van der Waals surface area contributed by atoms with Crippen molar-refractivity contribution in [1.29, 1.82) is 0 Å². The highest BCUT2D eigenvalue weighted by Crippen LogP contribution is 2.19. The first-order valence-electron chi connectivity index (χ1n) is 5.86. The quantitative estimate of drug-likeness (QED) is 0.764. The maximum Gasteiger partial charge on any atom is 0.0631 e. The van der Waals surface area contributed by atoms with Gasteiger partial charge in [0.15, 0.2) is 0 Å². The number of anilines is 2. The Bertz CT molecular complexity index is 539. The Balaban J connectivity index is 2.06. The zero-order valence-electron chi connectivity index (χ0n) is 10.4. The van der Waals surface area contributed by atoms with Crippen LogP contribution in [0.15, 0.2) is 71.7 Å². The topological polar surface area (TPSA) is 24.4 Å². The van der Waals surface area contributed by atoms with Crippen LogP contribution in [0, 0.1) is 0 Å². The third-order valence-corrected chi connectivity index (χ3v) is 2.36. The Hall–Kier alpha value is -2.35. The molecule has 0 spiro atoms. The lowest BCUT2D eigenvalue weighted by atomic mass is 10.2. The molecule has 2 aromatic rings. The summed E-state index contributed by atoms with van der Waals surface area (Å²) in [5, 5.41) is 3.33. The van der Waals surface area contributed by atoms with Gasteiger partial charge < -0.3 is 5.32 Å². The van der Waals surface area contributed by atoms with E-state index in [2.05, 4.69) is 16.9 Å². The Morgan fingerprint density at radius 2 is 1.61 bits per heavy atom. The molecule has 0 aliphatic heterocycles. The zero-order valence-corrected chi connectivity index (χ0v) is 10.4. The van der Waals surface area contributed by atoms with Crippen LogP contribution in [0.3, 0.4) is 0 Å². The summed E-state index contributed by atoms with van der Waals surface area (Å²) < 4.78 is 0. The number of hydrogen-bond donors (Lipinski definition) is 1. The molecule has 0 aromatic heterocycles. The fourth-order valence-corrected chi connectivity index (χ4v) is 1.50. The highest BCUT2D eigenvalue weighted by atomic mass is 14.9. The standard InChI is InChI=1S/C16H16N2/c1-13(2)12-17-14-8-10-16(11-9-14)18-15-6-4-3-5-7-15/h3-12,18H,1H2,2H3. The summed E-state index contributed by atoms with van der Waals surface area (Å²) >= 11 is 0. The van der Waals surface area contributed by atoms with Crippen LogP contribution in [0.25, 0.3) is 0 Å². The molecule has 90 valence electrons. The molecule has 0 saturated heterocycles. The third-order valence-electron chi connectivity index (χ3n) is 2.36. The Labute approximate surface area is 108 Å². The van der Waals surface area contributed by atoms with Gasteiger partial charge in [0.1, 0.15) is 0 Å². The van der Waals surface area contributed by atoms with Crippen LogP contribution in [0.5, 0.6) is 0 Å². The minimum absolute atomic E-state index is 0.927. The van der Waals surface area contributed by atoms with Crippen molar-refractivity contribution in [3.8, 4) is 0 Å². The van der Waals surface area contributed by atoms with Crippen molar-refractivity contribution in [2.75, 3.05) is 5.32 Å². The Morgan fingerprint density at radius 3 is 2.22 bits per heavy atom. The smallest absolute Gasteiger partial charge is 0.0631 e. The number of allylic oxidation sites excluding steroid dienone is 1. The monoisotopic (exact) mass is 236 g/mol. The van der Waals surface area contributed by atoms with Crippen molar-refractivity contribution in [3.63, 3.8) is 0 Å². The molecular formula is C16H16N2. The minimum atomic E-state index is 0.927. The van der Waals surface area contributed by atoms with Gasteiger partial charge in [-0.15, -0.1) is 0 Å². The summed E-state index contributed by atoms with van der Waals surface area (Å²) in [5.74, 6) is 0. The number of nitrogens with one attached hydrogen (secondary N) is 1. The Morgan fingerprint density at radius 1 is 1.00 bits per heavy atom. The predicted octanol–water partition coefficient (Wildman–Crippen LogP) is 4.71. The first-order valence-corrected chi connectivity index (χ1v) is 5.86. The van der Waals surface area contributed by atoms with E-state index >= 15 is 0 Å². The molecule has 1 N–H and O–H groups in total. The van der Waals surface area contributed by atoms with E-state index in [-0.39, 0.29) is 0 Å². The van der Waals surface area contributed by atoms with E-state index in [4.69, 9.17) is 0 Å². The molecule has 0 radical (unpaired) electrons. The van der Waals surface area contributed by atoms with Gasteiger partial charge in [0.25, 0.3) is 0 Å². The molecule has 2 aromatic carbocycles. The predicted molar refractivity (Wildman–Crippen MR) is 79.1 cm³/mol. The van der Waals surface area contributed by atoms with Gasteiger partial charge in [0, 0.05) is 17.6 Å². The van der Waals surface area contributed by atoms with Crippen LogP contribution in [-0.2, 0) is 0 Å². The van der Waals surface area contributed by atoms with Crippen molar-refractivity contribution < 1.29 is 0 Å². The van der Waals surface area contributed by atoms with E-state index in [0.29, 0.717) is 0 Å². The van der Waals surface area contributed by atoms with Crippen LogP contribution in [0.1, 0.15) is 6.92 Å². The summed E-state index contributed by atoms with van der Waals surface area (Å²) in [6.45, 7) is 5.71. The van der Waals surface area contributed by atoms with Gasteiger partial charge >= 0.3 is 0 Å². The number of rotatable bonds is 4. The third kappa shape index (κ3) is 3.59. The average molecular weight is 236 g/mol.